The monoisotopic (exact) mass is 140 g/mol. The molecular formula is C7H8O3. The molecule has 0 bridgehead atoms. The first-order chi connectivity index (χ1) is 4.61. The Balaban J connectivity index is 2.89. The fourth-order valence-corrected chi connectivity index (χ4v) is 0.903. The van der Waals surface area contributed by atoms with Gasteiger partial charge in [0.05, 0.1) is 0 Å². The SMILES string of the molecule is CC1=CC(=O)C(O)C(=O)C1. The van der Waals surface area contributed by atoms with Crippen LogP contribution in [0.5, 0.6) is 0 Å². The number of carbonyl (C=O) groups is 2. The van der Waals surface area contributed by atoms with E-state index >= 15 is 0 Å². The van der Waals surface area contributed by atoms with E-state index in [1.54, 1.807) is 6.92 Å². The van der Waals surface area contributed by atoms with Gasteiger partial charge in [-0.1, -0.05) is 5.57 Å². The van der Waals surface area contributed by atoms with Crippen molar-refractivity contribution >= 4 is 11.6 Å². The number of hydrogen-bond donors (Lipinski definition) is 1. The van der Waals surface area contributed by atoms with Gasteiger partial charge in [0.1, 0.15) is 0 Å². The van der Waals surface area contributed by atoms with E-state index in [4.69, 9.17) is 5.11 Å². The number of rotatable bonds is 0. The molecule has 1 unspecified atom stereocenters. The summed E-state index contributed by atoms with van der Waals surface area (Å²) in [5.74, 6) is -0.890. The summed E-state index contributed by atoms with van der Waals surface area (Å²) in [5.41, 5.74) is 0.723. The van der Waals surface area contributed by atoms with Crippen LogP contribution in [0, 0.1) is 0 Å². The van der Waals surface area contributed by atoms with Crippen molar-refractivity contribution in [2.75, 3.05) is 0 Å². The van der Waals surface area contributed by atoms with Crippen molar-refractivity contribution in [3.8, 4) is 0 Å². The Morgan fingerprint density at radius 3 is 2.70 bits per heavy atom. The van der Waals surface area contributed by atoms with Gasteiger partial charge in [0.15, 0.2) is 17.7 Å². The maximum absolute atomic E-state index is 10.7. The third-order valence-corrected chi connectivity index (χ3v) is 1.42. The van der Waals surface area contributed by atoms with Crippen molar-refractivity contribution in [3.63, 3.8) is 0 Å². The van der Waals surface area contributed by atoms with Crippen LogP contribution in [0.15, 0.2) is 11.6 Å². The summed E-state index contributed by atoms with van der Waals surface area (Å²) >= 11 is 0. The Labute approximate surface area is 58.4 Å². The highest BCUT2D eigenvalue weighted by Crippen LogP contribution is 2.10. The molecule has 1 atom stereocenters. The maximum Gasteiger partial charge on any atom is 0.191 e. The topological polar surface area (TPSA) is 54.4 Å². The molecule has 1 aliphatic carbocycles. The van der Waals surface area contributed by atoms with Gasteiger partial charge in [-0.05, 0) is 13.0 Å². The molecule has 0 spiro atoms. The number of hydrogen-bond acceptors (Lipinski definition) is 3. The van der Waals surface area contributed by atoms with Crippen LogP contribution in [0.4, 0.5) is 0 Å². The fraction of sp³-hybridized carbons (Fsp3) is 0.429. The molecule has 0 aromatic rings. The summed E-state index contributed by atoms with van der Waals surface area (Å²) < 4.78 is 0. The molecule has 54 valence electrons. The molecule has 1 aliphatic rings. The minimum atomic E-state index is -1.40. The van der Waals surface area contributed by atoms with Crippen LogP contribution in [-0.2, 0) is 9.59 Å². The number of aliphatic hydroxyl groups is 1. The molecule has 1 N–H and O–H groups in total. The first kappa shape index (κ1) is 7.15. The van der Waals surface area contributed by atoms with E-state index in [9.17, 15) is 9.59 Å². The van der Waals surface area contributed by atoms with Crippen LogP contribution >= 0.6 is 0 Å². The number of carbonyl (C=O) groups excluding carboxylic acids is 2. The van der Waals surface area contributed by atoms with E-state index < -0.39 is 17.7 Å². The van der Waals surface area contributed by atoms with E-state index in [0.29, 0.717) is 0 Å². The molecule has 10 heavy (non-hydrogen) atoms. The van der Waals surface area contributed by atoms with Crippen LogP contribution < -0.4 is 0 Å². The Hall–Kier alpha value is -0.960. The van der Waals surface area contributed by atoms with Gasteiger partial charge in [0.25, 0.3) is 0 Å². The predicted octanol–water partition coefficient (Wildman–Crippen LogP) is -0.164. The maximum atomic E-state index is 10.7. The van der Waals surface area contributed by atoms with Crippen molar-refractivity contribution in [3.05, 3.63) is 11.6 Å². The smallest absolute Gasteiger partial charge is 0.191 e. The zero-order chi connectivity index (χ0) is 7.72. The third kappa shape index (κ3) is 1.14. The van der Waals surface area contributed by atoms with Crippen molar-refractivity contribution in [1.29, 1.82) is 0 Å². The highest BCUT2D eigenvalue weighted by molar-refractivity contribution is 6.13. The summed E-state index contributed by atoms with van der Waals surface area (Å²) in [7, 11) is 0. The molecule has 0 heterocycles. The van der Waals surface area contributed by atoms with Crippen LogP contribution in [0.25, 0.3) is 0 Å². The second-order valence-electron chi connectivity index (χ2n) is 2.44. The number of ketones is 2. The van der Waals surface area contributed by atoms with Crippen LogP contribution in [0.1, 0.15) is 13.3 Å². The van der Waals surface area contributed by atoms with Gasteiger partial charge in [0, 0.05) is 6.42 Å². The molecule has 0 aliphatic heterocycles. The summed E-state index contributed by atoms with van der Waals surface area (Å²) in [4.78, 5) is 21.4. The van der Waals surface area contributed by atoms with Gasteiger partial charge < -0.3 is 5.11 Å². The van der Waals surface area contributed by atoms with Gasteiger partial charge in [-0.3, -0.25) is 9.59 Å². The highest BCUT2D eigenvalue weighted by atomic mass is 16.3. The van der Waals surface area contributed by atoms with Crippen molar-refractivity contribution in [2.45, 2.75) is 19.4 Å². The summed E-state index contributed by atoms with van der Waals surface area (Å²) in [6.45, 7) is 1.70. The Bertz CT molecular complexity index is 215. The summed E-state index contributed by atoms with van der Waals surface area (Å²) in [6, 6.07) is 0. The molecular weight excluding hydrogens is 132 g/mol. The molecule has 0 aromatic carbocycles. The fourth-order valence-electron chi connectivity index (χ4n) is 0.903. The Morgan fingerprint density at radius 2 is 2.20 bits per heavy atom. The average Bonchev–Trinajstić information content (AvgIpc) is 1.82. The lowest BCUT2D eigenvalue weighted by molar-refractivity contribution is -0.136. The van der Waals surface area contributed by atoms with Gasteiger partial charge in [-0.25, -0.2) is 0 Å². The standard InChI is InChI=1S/C7H8O3/c1-4-2-5(8)7(10)6(9)3-4/h2,7,10H,3H2,1H3. The predicted molar refractivity (Wildman–Crippen MR) is 34.4 cm³/mol. The minimum Gasteiger partial charge on any atom is -0.377 e. The lowest BCUT2D eigenvalue weighted by Gasteiger charge is -2.11. The lowest BCUT2D eigenvalue weighted by Crippen LogP contribution is -2.32. The first-order valence-corrected chi connectivity index (χ1v) is 3.03. The van der Waals surface area contributed by atoms with Crippen LogP contribution in [0.2, 0.25) is 0 Å². The Kier molecular flexibility index (Phi) is 1.68. The van der Waals surface area contributed by atoms with Crippen molar-refractivity contribution in [2.24, 2.45) is 0 Å². The van der Waals surface area contributed by atoms with E-state index in [1.807, 2.05) is 0 Å². The molecule has 0 saturated heterocycles. The number of allylic oxidation sites excluding steroid dienone is 1. The third-order valence-electron chi connectivity index (χ3n) is 1.42. The first-order valence-electron chi connectivity index (χ1n) is 3.03. The Morgan fingerprint density at radius 1 is 1.60 bits per heavy atom. The van der Waals surface area contributed by atoms with Crippen molar-refractivity contribution < 1.29 is 14.7 Å². The van der Waals surface area contributed by atoms with Gasteiger partial charge in [0.2, 0.25) is 0 Å². The number of Topliss-reactive ketones (excluding diaryl/α,β-unsaturated/α-hetero) is 1. The van der Waals surface area contributed by atoms with Gasteiger partial charge in [-0.2, -0.15) is 0 Å². The van der Waals surface area contributed by atoms with E-state index in [0.717, 1.165) is 5.57 Å². The molecule has 1 rings (SSSR count). The molecule has 3 heteroatoms. The van der Waals surface area contributed by atoms with Crippen LogP contribution in [0.3, 0.4) is 0 Å². The van der Waals surface area contributed by atoms with Crippen LogP contribution in [-0.4, -0.2) is 22.8 Å². The summed E-state index contributed by atoms with van der Waals surface area (Å²) in [6.07, 6.45) is 0.114. The van der Waals surface area contributed by atoms with E-state index in [1.165, 1.54) is 6.08 Å². The minimum absolute atomic E-state index is 0.201. The molecule has 0 fully saturated rings. The van der Waals surface area contributed by atoms with Crippen molar-refractivity contribution in [1.82, 2.24) is 0 Å². The van der Waals surface area contributed by atoms with E-state index in [-0.39, 0.29) is 6.42 Å². The zero-order valence-corrected chi connectivity index (χ0v) is 5.63. The lowest BCUT2D eigenvalue weighted by atomic mass is 9.96. The van der Waals surface area contributed by atoms with Gasteiger partial charge >= 0.3 is 0 Å². The molecule has 0 saturated carbocycles. The van der Waals surface area contributed by atoms with E-state index in [2.05, 4.69) is 0 Å². The van der Waals surface area contributed by atoms with Gasteiger partial charge in [-0.15, -0.1) is 0 Å². The quantitative estimate of drug-likeness (QED) is 0.475. The zero-order valence-electron chi connectivity index (χ0n) is 5.63. The molecule has 0 radical (unpaired) electrons. The molecule has 0 amide bonds. The highest BCUT2D eigenvalue weighted by Gasteiger charge is 2.25. The largest absolute Gasteiger partial charge is 0.377 e. The summed E-state index contributed by atoms with van der Waals surface area (Å²) in [5, 5.41) is 8.82. The molecule has 3 nitrogen and oxygen atoms in total. The normalized spacial score (nSPS) is 26.6. The second kappa shape index (κ2) is 2.34. The second-order valence-corrected chi connectivity index (χ2v) is 2.44. The average molecular weight is 140 g/mol. The number of aliphatic hydroxyl groups excluding tert-OH is 1. The molecule has 0 aromatic heterocycles.